The number of nitrogens with zero attached hydrogens (tertiary/aromatic N) is 3. The number of hydrogen-bond donors (Lipinski definition) is 1. The number of hydrogen-bond acceptors (Lipinski definition) is 4. The fourth-order valence-electron chi connectivity index (χ4n) is 4.15. The van der Waals surface area contributed by atoms with Crippen LogP contribution in [0.15, 0.2) is 54.9 Å². The summed E-state index contributed by atoms with van der Waals surface area (Å²) >= 11 is 1.69. The predicted octanol–water partition coefficient (Wildman–Crippen LogP) is 6.16. The minimum absolute atomic E-state index is 0.515. The fraction of sp³-hybridized carbons (Fsp3) is 0.308. The van der Waals surface area contributed by atoms with E-state index in [1.54, 1.807) is 17.5 Å². The Morgan fingerprint density at radius 2 is 2.00 bits per heavy atom. The van der Waals surface area contributed by atoms with Gasteiger partial charge in [0.1, 0.15) is 22.9 Å². The first kappa shape index (κ1) is 19.8. The van der Waals surface area contributed by atoms with Crippen LogP contribution in [-0.4, -0.2) is 20.4 Å². The molecule has 156 valence electrons. The molecule has 4 heterocycles. The molecular weight excluding hydrogens is 400 g/mol. The third-order valence-electron chi connectivity index (χ3n) is 5.86. The normalized spacial score (nSPS) is 14.4. The third kappa shape index (κ3) is 4.35. The van der Waals surface area contributed by atoms with Gasteiger partial charge >= 0.3 is 0 Å². The van der Waals surface area contributed by atoms with Gasteiger partial charge in [-0.1, -0.05) is 32.3 Å². The van der Waals surface area contributed by atoms with Gasteiger partial charge in [-0.25, -0.2) is 9.97 Å². The number of aromatic nitrogens is 3. The second kappa shape index (κ2) is 8.95. The van der Waals surface area contributed by atoms with Crippen LogP contribution in [-0.2, 0) is 6.42 Å². The lowest BCUT2D eigenvalue weighted by Crippen LogP contribution is -2.23. The molecule has 0 radical (unpaired) electrons. The molecule has 1 N–H and O–H groups in total. The maximum atomic E-state index is 5.04. The second-order valence-corrected chi connectivity index (χ2v) is 9.12. The minimum atomic E-state index is 0.515. The van der Waals surface area contributed by atoms with E-state index in [9.17, 15) is 0 Å². The lowest BCUT2D eigenvalue weighted by molar-refractivity contribution is 0.462. The van der Waals surface area contributed by atoms with Crippen molar-refractivity contribution < 1.29 is 0 Å². The van der Waals surface area contributed by atoms with E-state index in [1.807, 2.05) is 18.2 Å². The summed E-state index contributed by atoms with van der Waals surface area (Å²) in [5.41, 5.74) is 4.12. The van der Waals surface area contributed by atoms with Crippen molar-refractivity contribution in [2.45, 2.75) is 51.5 Å². The average molecular weight is 427 g/mol. The first-order chi connectivity index (χ1) is 15.3. The van der Waals surface area contributed by atoms with Crippen LogP contribution >= 0.6 is 11.3 Å². The zero-order chi connectivity index (χ0) is 21.0. The Morgan fingerprint density at radius 3 is 2.81 bits per heavy atom. The van der Waals surface area contributed by atoms with Gasteiger partial charge in [0, 0.05) is 18.4 Å². The molecule has 5 rings (SSSR count). The maximum absolute atomic E-state index is 5.04. The van der Waals surface area contributed by atoms with Crippen LogP contribution < -0.4 is 5.32 Å². The van der Waals surface area contributed by atoms with Crippen molar-refractivity contribution in [3.63, 3.8) is 0 Å². The number of aryl methyl sites for hydroxylation is 1. The molecule has 1 aliphatic carbocycles. The quantitative estimate of drug-likeness (QED) is 0.397. The number of imidazole rings is 1. The predicted molar refractivity (Wildman–Crippen MR) is 129 cm³/mol. The van der Waals surface area contributed by atoms with Crippen LogP contribution in [0.25, 0.3) is 16.2 Å². The Balaban J connectivity index is 1.52. The van der Waals surface area contributed by atoms with E-state index in [2.05, 4.69) is 63.9 Å². The zero-order valence-corrected chi connectivity index (χ0v) is 18.6. The monoisotopic (exact) mass is 426 g/mol. The van der Waals surface area contributed by atoms with Gasteiger partial charge in [0.15, 0.2) is 0 Å². The van der Waals surface area contributed by atoms with Crippen molar-refractivity contribution in [3.8, 4) is 22.4 Å². The molecule has 4 nitrogen and oxygen atoms in total. The van der Waals surface area contributed by atoms with Crippen molar-refractivity contribution in [2.24, 2.45) is 0 Å². The summed E-state index contributed by atoms with van der Waals surface area (Å²) in [6, 6.07) is 14.9. The van der Waals surface area contributed by atoms with Gasteiger partial charge in [0.2, 0.25) is 0 Å². The summed E-state index contributed by atoms with van der Waals surface area (Å²) in [5, 5.41) is 3.84. The Morgan fingerprint density at radius 1 is 1.10 bits per heavy atom. The van der Waals surface area contributed by atoms with Gasteiger partial charge in [0.25, 0.3) is 0 Å². The Kier molecular flexibility index (Phi) is 5.73. The molecule has 0 aliphatic heterocycles. The second-order valence-electron chi connectivity index (χ2n) is 8.03. The summed E-state index contributed by atoms with van der Waals surface area (Å²) in [4.78, 5) is 11.5. The molecule has 4 aromatic heterocycles. The lowest BCUT2D eigenvalue weighted by atomic mass is 9.95. The molecule has 1 saturated carbocycles. The molecule has 4 aromatic rings. The molecule has 1 aliphatic rings. The molecule has 0 saturated heterocycles. The highest BCUT2D eigenvalue weighted by molar-refractivity contribution is 7.16. The van der Waals surface area contributed by atoms with Gasteiger partial charge < -0.3 is 5.32 Å². The minimum Gasteiger partial charge on any atom is -0.367 e. The zero-order valence-electron chi connectivity index (χ0n) is 17.8. The van der Waals surface area contributed by atoms with Crippen LogP contribution in [0.1, 0.15) is 55.2 Å². The van der Waals surface area contributed by atoms with Gasteiger partial charge in [-0.15, -0.1) is 11.3 Å². The Labute approximate surface area is 187 Å². The van der Waals surface area contributed by atoms with Crippen LogP contribution in [0.5, 0.6) is 0 Å². The van der Waals surface area contributed by atoms with Crippen LogP contribution in [0.3, 0.4) is 0 Å². The van der Waals surface area contributed by atoms with E-state index in [-0.39, 0.29) is 0 Å². The molecule has 0 aromatic carbocycles. The fourth-order valence-corrected chi connectivity index (χ4v) is 5.00. The molecule has 1 fully saturated rings. The third-order valence-corrected chi connectivity index (χ3v) is 6.87. The maximum Gasteiger partial charge on any atom is 0.139 e. The van der Waals surface area contributed by atoms with Crippen molar-refractivity contribution >= 4 is 22.8 Å². The summed E-state index contributed by atoms with van der Waals surface area (Å²) in [5.74, 6) is 7.52. The number of fused-ring (bicyclic) bond motifs is 1. The summed E-state index contributed by atoms with van der Waals surface area (Å²) in [6.07, 6.45) is 11.3. The van der Waals surface area contributed by atoms with E-state index < -0.39 is 0 Å². The molecule has 31 heavy (non-hydrogen) atoms. The molecular formula is C26H26N4S. The molecule has 0 spiro atoms. The van der Waals surface area contributed by atoms with Crippen LogP contribution in [0, 0.1) is 11.8 Å². The molecule has 0 atom stereocenters. The standard InChI is InChI=1S/C26H26N4S/c1-2-19-15-17-30-24(18-19)29-25(26(30)28-21-9-4-3-5-10-21)23-14-13-22(31-23)12-11-20-8-6-7-16-27-20/h6-8,13-18,21,28H,2-5,9-10H2,1H3. The SMILES string of the molecule is CCc1ccn2c(NC3CCCCC3)c(-c3ccc(C#Cc4ccccn4)s3)nc2c1. The highest BCUT2D eigenvalue weighted by Crippen LogP contribution is 2.35. The number of thiophene rings is 1. The first-order valence-electron chi connectivity index (χ1n) is 11.1. The van der Waals surface area contributed by atoms with Crippen molar-refractivity contribution in [2.75, 3.05) is 5.32 Å². The molecule has 0 amide bonds. The van der Waals surface area contributed by atoms with Gasteiger partial charge in [0.05, 0.1) is 9.75 Å². The summed E-state index contributed by atoms with van der Waals surface area (Å²) in [6.45, 7) is 2.18. The molecule has 5 heteroatoms. The summed E-state index contributed by atoms with van der Waals surface area (Å²) < 4.78 is 2.21. The Bertz CT molecular complexity index is 1240. The van der Waals surface area contributed by atoms with Crippen molar-refractivity contribution in [1.29, 1.82) is 0 Å². The molecule has 0 bridgehead atoms. The van der Waals surface area contributed by atoms with E-state index in [1.165, 1.54) is 37.7 Å². The lowest BCUT2D eigenvalue weighted by Gasteiger charge is -2.24. The van der Waals surface area contributed by atoms with Crippen molar-refractivity contribution in [3.05, 3.63) is 71.0 Å². The highest BCUT2D eigenvalue weighted by atomic mass is 32.1. The first-order valence-corrected chi connectivity index (χ1v) is 11.9. The Hall–Kier alpha value is -3.10. The summed E-state index contributed by atoms with van der Waals surface area (Å²) in [7, 11) is 0. The smallest absolute Gasteiger partial charge is 0.139 e. The van der Waals surface area contributed by atoms with E-state index in [0.717, 1.165) is 39.0 Å². The highest BCUT2D eigenvalue weighted by Gasteiger charge is 2.20. The average Bonchev–Trinajstić information content (AvgIpc) is 3.43. The van der Waals surface area contributed by atoms with E-state index >= 15 is 0 Å². The number of nitrogens with one attached hydrogen (secondary N) is 1. The number of anilines is 1. The molecule has 0 unspecified atom stereocenters. The van der Waals surface area contributed by atoms with Crippen molar-refractivity contribution in [1.82, 2.24) is 14.4 Å². The number of rotatable bonds is 4. The van der Waals surface area contributed by atoms with Crippen LogP contribution in [0.4, 0.5) is 5.82 Å². The topological polar surface area (TPSA) is 42.2 Å². The van der Waals surface area contributed by atoms with E-state index in [0.29, 0.717) is 6.04 Å². The van der Waals surface area contributed by atoms with Crippen LogP contribution in [0.2, 0.25) is 0 Å². The van der Waals surface area contributed by atoms with E-state index in [4.69, 9.17) is 4.98 Å². The van der Waals surface area contributed by atoms with Gasteiger partial charge in [-0.3, -0.25) is 4.40 Å². The largest absolute Gasteiger partial charge is 0.367 e. The van der Waals surface area contributed by atoms with Gasteiger partial charge in [-0.05, 0) is 73.1 Å². The number of pyridine rings is 2. The van der Waals surface area contributed by atoms with Gasteiger partial charge in [-0.2, -0.15) is 0 Å².